The van der Waals surface area contributed by atoms with Gasteiger partial charge >= 0.3 is 0 Å². The first-order chi connectivity index (χ1) is 20.2. The molecule has 8 N–H and O–H groups in total. The molecule has 0 atom stereocenters. The summed E-state index contributed by atoms with van der Waals surface area (Å²) in [7, 11) is 14.3. The van der Waals surface area contributed by atoms with E-state index in [-0.39, 0.29) is 11.9 Å². The van der Waals surface area contributed by atoms with E-state index in [1.54, 1.807) is 30.2 Å². The topological polar surface area (TPSA) is 268 Å². The molecule has 0 spiro atoms. The van der Waals surface area contributed by atoms with E-state index in [4.69, 9.17) is 42.1 Å². The van der Waals surface area contributed by atoms with Crippen LogP contribution in [0, 0.1) is 27.0 Å². The van der Waals surface area contributed by atoms with Crippen LogP contribution in [0.5, 0.6) is 0 Å². The summed E-state index contributed by atoms with van der Waals surface area (Å²) in [6.07, 6.45) is 1.80. The van der Waals surface area contributed by atoms with Gasteiger partial charge in [0.2, 0.25) is 12.2 Å². The van der Waals surface area contributed by atoms with E-state index in [0.29, 0.717) is 63.5 Å². The van der Waals surface area contributed by atoms with E-state index in [1.165, 1.54) is 7.11 Å². The van der Waals surface area contributed by atoms with Crippen molar-refractivity contribution in [1.29, 1.82) is 10.7 Å². The average molecular weight is 619 g/mol. The molecule has 0 saturated carbocycles. The quantitative estimate of drug-likeness (QED) is 0.0435. The van der Waals surface area contributed by atoms with Crippen LogP contribution in [-0.4, -0.2) is 170 Å². The number of hydrogen-bond donors (Lipinski definition) is 5. The molecule has 248 valence electrons. The van der Waals surface area contributed by atoms with E-state index >= 15 is 0 Å². The minimum atomic E-state index is -0.866. The maximum atomic E-state index is 9.71. The lowest BCUT2D eigenvalue weighted by molar-refractivity contribution is -0.485. The second kappa shape index (κ2) is 24.4. The van der Waals surface area contributed by atoms with Gasteiger partial charge in [0.05, 0.1) is 58.3 Å². The molecule has 20 heteroatoms. The summed E-state index contributed by atoms with van der Waals surface area (Å²) in [5.41, 5.74) is 15.7. The third-order valence-electron chi connectivity index (χ3n) is 5.41. The molecule has 2 fully saturated rings. The van der Waals surface area contributed by atoms with E-state index in [2.05, 4.69) is 25.1 Å². The highest BCUT2D eigenvalue weighted by atomic mass is 16.7. The minimum absolute atomic E-state index is 0.114. The molecule has 2 saturated heterocycles. The zero-order chi connectivity index (χ0) is 33.4. The Morgan fingerprint density at radius 2 is 1.51 bits per heavy atom. The number of hydrazone groups is 1. The first-order valence-corrected chi connectivity index (χ1v) is 13.0. The van der Waals surface area contributed by atoms with Crippen LogP contribution in [0.3, 0.4) is 0 Å². The number of aliphatic imine (C=N–C) groups is 2. The largest absolute Gasteiger partial charge is 0.383 e. The Hall–Kier alpha value is -4.19. The lowest BCUT2D eigenvalue weighted by Crippen LogP contribution is -2.53. The first-order valence-electron chi connectivity index (χ1n) is 13.0. The monoisotopic (exact) mass is 618 g/mol. The van der Waals surface area contributed by atoms with Gasteiger partial charge in [-0.05, 0) is 0 Å². The molecule has 0 aromatic carbocycles. The Kier molecular flexibility index (Phi) is 23.2. The summed E-state index contributed by atoms with van der Waals surface area (Å²) < 4.78 is 19.4. The Labute approximate surface area is 253 Å². The maximum absolute atomic E-state index is 9.71. The van der Waals surface area contributed by atoms with Crippen molar-refractivity contribution in [1.82, 2.24) is 24.9 Å². The van der Waals surface area contributed by atoms with Crippen LogP contribution in [0.25, 0.3) is 0 Å². The first kappa shape index (κ1) is 40.9. The third kappa shape index (κ3) is 20.4. The second-order valence-corrected chi connectivity index (χ2v) is 9.17. The molecule has 43 heavy (non-hydrogen) atoms. The number of hydrogen-bond acceptors (Lipinski definition) is 10. The predicted molar refractivity (Wildman–Crippen MR) is 164 cm³/mol. The van der Waals surface area contributed by atoms with Gasteiger partial charge < -0.3 is 61.1 Å². The molecule has 2 heterocycles. The van der Waals surface area contributed by atoms with Crippen molar-refractivity contribution in [3.05, 3.63) is 10.1 Å². The van der Waals surface area contributed by atoms with Gasteiger partial charge in [0.1, 0.15) is 5.10 Å². The third-order valence-corrected chi connectivity index (χ3v) is 5.41. The van der Waals surface area contributed by atoms with Gasteiger partial charge in [0.25, 0.3) is 5.96 Å². The van der Waals surface area contributed by atoms with Crippen molar-refractivity contribution in [3.63, 3.8) is 0 Å². The fourth-order valence-corrected chi connectivity index (χ4v) is 2.59. The molecule has 0 aromatic rings. The summed E-state index contributed by atoms with van der Waals surface area (Å²) in [4.78, 5) is 24.7. The summed E-state index contributed by atoms with van der Waals surface area (Å²) in [5.74, 6) is 1.11. The molecule has 2 aliphatic heterocycles. The highest BCUT2D eigenvalue weighted by Gasteiger charge is 2.26. The van der Waals surface area contributed by atoms with Gasteiger partial charge in [-0.25, -0.2) is 10.1 Å². The van der Waals surface area contributed by atoms with Crippen LogP contribution in [0.1, 0.15) is 0 Å². The molecule has 0 amide bonds. The van der Waals surface area contributed by atoms with Gasteiger partial charge in [0, 0.05) is 63.1 Å². The Morgan fingerprint density at radius 1 is 1.00 bits per heavy atom. The Balaban J connectivity index is 0. The van der Waals surface area contributed by atoms with Crippen LogP contribution >= 0.6 is 0 Å². The van der Waals surface area contributed by atoms with Crippen LogP contribution in [-0.2, 0) is 18.9 Å². The standard InChI is InChI=1S/C8H14N4O.C6H15N3O.C5H11N3O.C4H10N4O3/c1-11(2)8(10-6-9)12(3)7-4-13-5-7;1-9(2)6(7)8-4-5-10-3;1-8(5(6)7)4-2-9-3-4;1-11-3-2-6-4(5)7-8(9)10/h7H,4-5H2,1-3H3;4-5H2,1-3H3,(H2,7,8);4H,2-3H2,1H3,(H3,6,7);2-3H2,1H3,(H3,5,6,7). The zero-order valence-corrected chi connectivity index (χ0v) is 26.5. The number of nitrogens with zero attached hydrogens (tertiary/aromatic N) is 9. The van der Waals surface area contributed by atoms with Gasteiger partial charge in [-0.2, -0.15) is 5.26 Å². The van der Waals surface area contributed by atoms with Crippen molar-refractivity contribution in [2.45, 2.75) is 12.1 Å². The highest BCUT2D eigenvalue weighted by molar-refractivity contribution is 5.80. The van der Waals surface area contributed by atoms with Crippen molar-refractivity contribution in [2.75, 3.05) is 109 Å². The number of nitro groups is 1. The van der Waals surface area contributed by atoms with Crippen molar-refractivity contribution < 1.29 is 24.0 Å². The van der Waals surface area contributed by atoms with Crippen molar-refractivity contribution in [3.8, 4) is 6.19 Å². The van der Waals surface area contributed by atoms with Crippen LogP contribution in [0.4, 0.5) is 0 Å². The van der Waals surface area contributed by atoms with Crippen LogP contribution in [0.15, 0.2) is 15.1 Å². The molecule has 0 unspecified atom stereocenters. The van der Waals surface area contributed by atoms with Crippen LogP contribution in [0.2, 0.25) is 0 Å². The number of rotatable bonds is 9. The zero-order valence-electron chi connectivity index (χ0n) is 26.5. The molecule has 0 aromatic heterocycles. The fraction of sp³-hybridized carbons (Fsp3) is 0.783. The number of methoxy groups -OCH3 is 2. The SMILES string of the molecule is CN(C(=N)N)C1COC1.CN(C)C(=NC#N)N(C)C1COC1.COCCN/C(N)=N/[N+](=O)[O-].COCCN=C(N)N(C)C. The number of nitrogens with one attached hydrogen (secondary N) is 2. The molecule has 20 nitrogen and oxygen atoms in total. The average Bonchev–Trinajstić information content (AvgIpc) is 2.85. The fourth-order valence-electron chi connectivity index (χ4n) is 2.59. The molecule has 0 bridgehead atoms. The van der Waals surface area contributed by atoms with Gasteiger partial charge in [-0.3, -0.25) is 10.4 Å². The molecule has 2 aliphatic rings. The minimum Gasteiger partial charge on any atom is -0.383 e. The normalized spacial score (nSPS) is 14.8. The van der Waals surface area contributed by atoms with Gasteiger partial charge in [-0.15, -0.1) is 4.99 Å². The lowest BCUT2D eigenvalue weighted by Gasteiger charge is -2.37. The maximum Gasteiger partial charge on any atom is 0.266 e. The smallest absolute Gasteiger partial charge is 0.266 e. The van der Waals surface area contributed by atoms with Crippen molar-refractivity contribution >= 4 is 23.8 Å². The summed E-state index contributed by atoms with van der Waals surface area (Å²) in [5, 5.41) is 29.6. The number of likely N-dealkylation sites (N-methyl/N-ethyl adjacent to an activating group) is 2. The summed E-state index contributed by atoms with van der Waals surface area (Å²) >= 11 is 0. The van der Waals surface area contributed by atoms with Gasteiger partial charge in [0.15, 0.2) is 17.0 Å². The molecule has 0 radical (unpaired) electrons. The molecular formula is C23H50N14O6. The molecular weight excluding hydrogens is 568 g/mol. The number of ether oxygens (including phenoxy) is 4. The summed E-state index contributed by atoms with van der Waals surface area (Å²) in [6, 6.07) is 0.692. The lowest BCUT2D eigenvalue weighted by atomic mass is 10.2. The predicted octanol–water partition coefficient (Wildman–Crippen LogP) is -2.84. The van der Waals surface area contributed by atoms with E-state index < -0.39 is 5.03 Å². The van der Waals surface area contributed by atoms with E-state index in [0.717, 1.165) is 13.2 Å². The Bertz CT molecular complexity index is 917. The molecule has 2 rings (SSSR count). The van der Waals surface area contributed by atoms with E-state index in [9.17, 15) is 10.1 Å². The number of nitriles is 1. The highest BCUT2D eigenvalue weighted by Crippen LogP contribution is 2.09. The van der Waals surface area contributed by atoms with Crippen molar-refractivity contribution in [2.24, 2.45) is 32.3 Å². The molecule has 0 aliphatic carbocycles. The second-order valence-electron chi connectivity index (χ2n) is 9.17. The Morgan fingerprint density at radius 3 is 1.84 bits per heavy atom. The number of guanidine groups is 4. The summed E-state index contributed by atoms with van der Waals surface area (Å²) in [6.45, 7) is 4.92. The van der Waals surface area contributed by atoms with E-state index in [1.807, 2.05) is 45.0 Å². The van der Waals surface area contributed by atoms with Gasteiger partial charge in [-0.1, -0.05) is 0 Å². The van der Waals surface area contributed by atoms with Crippen LogP contribution < -0.4 is 22.5 Å². The number of nitrogens with two attached hydrogens (primary N) is 3.